The van der Waals surface area contributed by atoms with Gasteiger partial charge in [-0.3, -0.25) is 4.90 Å². The summed E-state index contributed by atoms with van der Waals surface area (Å²) in [6, 6.07) is 4.56. The van der Waals surface area contributed by atoms with Crippen molar-refractivity contribution in [3.05, 3.63) is 41.8 Å². The van der Waals surface area contributed by atoms with Crippen molar-refractivity contribution in [2.45, 2.75) is 12.7 Å². The highest BCUT2D eigenvalue weighted by atomic mass is 19.4. The number of hydrogen-bond donors (Lipinski definition) is 2. The average molecular weight is 330 g/mol. The molecular weight excluding hydrogens is 313 g/mol. The molecule has 1 heterocycles. The van der Waals surface area contributed by atoms with Crippen molar-refractivity contribution in [1.29, 1.82) is 0 Å². The van der Waals surface area contributed by atoms with Gasteiger partial charge in [0.05, 0.1) is 24.5 Å². The summed E-state index contributed by atoms with van der Waals surface area (Å²) in [6.07, 6.45) is -2.97. The summed E-state index contributed by atoms with van der Waals surface area (Å²) in [6.45, 7) is 1.02. The third-order valence-electron chi connectivity index (χ3n) is 3.23. The minimum Gasteiger partial charge on any atom is -0.444 e. The molecule has 0 aliphatic carbocycles. The maximum atomic E-state index is 12.5. The van der Waals surface area contributed by atoms with Gasteiger partial charge in [-0.05, 0) is 24.3 Å². The quantitative estimate of drug-likeness (QED) is 0.814. The Labute approximate surface area is 131 Å². The summed E-state index contributed by atoms with van der Waals surface area (Å²) in [7, 11) is 0. The number of halogens is 3. The van der Waals surface area contributed by atoms with Gasteiger partial charge in [-0.2, -0.15) is 13.2 Å². The van der Waals surface area contributed by atoms with Gasteiger partial charge in [0, 0.05) is 25.2 Å². The van der Waals surface area contributed by atoms with E-state index in [0.29, 0.717) is 30.9 Å². The summed E-state index contributed by atoms with van der Waals surface area (Å²) in [5.41, 5.74) is 0.284. The molecule has 0 amide bonds. The molecule has 0 unspecified atom stereocenters. The zero-order chi connectivity index (χ0) is 16.9. The van der Waals surface area contributed by atoms with Crippen molar-refractivity contribution in [3.63, 3.8) is 0 Å². The fourth-order valence-electron chi connectivity index (χ4n) is 2.10. The normalized spacial score (nSPS) is 12.1. The molecule has 2 N–H and O–H groups in total. The summed E-state index contributed by atoms with van der Waals surface area (Å²) in [4.78, 5) is 6.01. The Morgan fingerprint density at radius 3 is 2.17 bits per heavy atom. The molecule has 0 spiro atoms. The Bertz CT molecular complexity index is 605. The summed E-state index contributed by atoms with van der Waals surface area (Å²) >= 11 is 0. The Kier molecular flexibility index (Phi) is 5.75. The maximum Gasteiger partial charge on any atom is 0.416 e. The van der Waals surface area contributed by atoms with E-state index < -0.39 is 11.7 Å². The van der Waals surface area contributed by atoms with E-state index >= 15 is 0 Å². The van der Waals surface area contributed by atoms with Crippen molar-refractivity contribution < 1.29 is 27.8 Å². The fraction of sp³-hybridized carbons (Fsp3) is 0.400. The number of aromatic nitrogens is 1. The molecule has 2 rings (SSSR count). The first-order valence-electron chi connectivity index (χ1n) is 7.00. The van der Waals surface area contributed by atoms with E-state index in [1.807, 2.05) is 0 Å². The van der Waals surface area contributed by atoms with Crippen LogP contribution in [-0.4, -0.2) is 46.4 Å². The van der Waals surface area contributed by atoms with Crippen LogP contribution in [0.5, 0.6) is 0 Å². The lowest BCUT2D eigenvalue weighted by molar-refractivity contribution is -0.137. The van der Waals surface area contributed by atoms with E-state index in [1.54, 1.807) is 4.90 Å². The van der Waals surface area contributed by atoms with Gasteiger partial charge in [0.1, 0.15) is 6.26 Å². The third kappa shape index (κ3) is 4.78. The van der Waals surface area contributed by atoms with Crippen molar-refractivity contribution in [2.75, 3.05) is 26.3 Å². The number of nitrogens with zero attached hydrogens (tertiary/aromatic N) is 2. The van der Waals surface area contributed by atoms with Crippen molar-refractivity contribution in [1.82, 2.24) is 9.88 Å². The minimum absolute atomic E-state index is 0.0520. The molecule has 0 saturated heterocycles. The van der Waals surface area contributed by atoms with E-state index in [4.69, 9.17) is 14.6 Å². The third-order valence-corrected chi connectivity index (χ3v) is 3.23. The highest BCUT2D eigenvalue weighted by Crippen LogP contribution is 2.30. The van der Waals surface area contributed by atoms with Crippen molar-refractivity contribution >= 4 is 0 Å². The van der Waals surface area contributed by atoms with E-state index in [-0.39, 0.29) is 19.1 Å². The van der Waals surface area contributed by atoms with Gasteiger partial charge < -0.3 is 14.6 Å². The number of hydrogen-bond acceptors (Lipinski definition) is 5. The lowest BCUT2D eigenvalue weighted by atomic mass is 10.1. The van der Waals surface area contributed by atoms with Crippen LogP contribution in [-0.2, 0) is 12.7 Å². The molecule has 8 heteroatoms. The number of aliphatic hydroxyl groups excluding tert-OH is 2. The zero-order valence-electron chi connectivity index (χ0n) is 12.3. The van der Waals surface area contributed by atoms with E-state index in [2.05, 4.69) is 4.98 Å². The van der Waals surface area contributed by atoms with Crippen LogP contribution in [0, 0.1) is 0 Å². The summed E-state index contributed by atoms with van der Waals surface area (Å²) in [5, 5.41) is 17.9. The second kappa shape index (κ2) is 7.58. The van der Waals surface area contributed by atoms with Crippen molar-refractivity contribution in [2.24, 2.45) is 0 Å². The van der Waals surface area contributed by atoms with Gasteiger partial charge in [-0.15, -0.1) is 0 Å². The van der Waals surface area contributed by atoms with Gasteiger partial charge in [-0.25, -0.2) is 4.98 Å². The molecular formula is C15H17F3N2O3. The molecule has 0 bridgehead atoms. The second-order valence-corrected chi connectivity index (χ2v) is 4.94. The van der Waals surface area contributed by atoms with Crippen LogP contribution in [0.1, 0.15) is 11.3 Å². The van der Waals surface area contributed by atoms with Gasteiger partial charge in [0.2, 0.25) is 5.89 Å². The molecule has 0 aliphatic rings. The van der Waals surface area contributed by atoms with Crippen LogP contribution in [0.25, 0.3) is 11.5 Å². The van der Waals surface area contributed by atoms with Crippen LogP contribution in [0.4, 0.5) is 13.2 Å². The first-order valence-corrected chi connectivity index (χ1v) is 7.00. The number of rotatable bonds is 7. The topological polar surface area (TPSA) is 69.7 Å². The lowest BCUT2D eigenvalue weighted by Gasteiger charge is -2.18. The Morgan fingerprint density at radius 2 is 1.65 bits per heavy atom. The second-order valence-electron chi connectivity index (χ2n) is 4.94. The molecule has 1 aromatic heterocycles. The standard InChI is InChI=1S/C15H17F3N2O3/c16-15(17,18)12-3-1-11(2-4-12)14-19-13(10-23-14)9-20(5-7-21)6-8-22/h1-4,10,21-22H,5-9H2. The SMILES string of the molecule is OCCN(CCO)Cc1coc(-c2ccc(C(F)(F)F)cc2)n1. The lowest BCUT2D eigenvalue weighted by Crippen LogP contribution is -2.29. The number of oxazole rings is 1. The maximum absolute atomic E-state index is 12.5. The highest BCUT2D eigenvalue weighted by Gasteiger charge is 2.30. The van der Waals surface area contributed by atoms with Gasteiger partial charge in [0.15, 0.2) is 0 Å². The van der Waals surface area contributed by atoms with E-state index in [1.165, 1.54) is 18.4 Å². The summed E-state index contributed by atoms with van der Waals surface area (Å²) in [5.74, 6) is 0.224. The largest absolute Gasteiger partial charge is 0.444 e. The Morgan fingerprint density at radius 1 is 1.04 bits per heavy atom. The van der Waals surface area contributed by atoms with E-state index in [9.17, 15) is 13.2 Å². The first kappa shape index (κ1) is 17.5. The molecule has 1 aromatic carbocycles. The first-order chi connectivity index (χ1) is 10.9. The van der Waals surface area contributed by atoms with Crippen LogP contribution in [0.2, 0.25) is 0 Å². The van der Waals surface area contributed by atoms with E-state index in [0.717, 1.165) is 12.1 Å². The molecule has 2 aromatic rings. The van der Waals surface area contributed by atoms with Crippen LogP contribution < -0.4 is 0 Å². The smallest absolute Gasteiger partial charge is 0.416 e. The summed E-state index contributed by atoms with van der Waals surface area (Å²) < 4.78 is 42.9. The van der Waals surface area contributed by atoms with Gasteiger partial charge in [-0.1, -0.05) is 0 Å². The molecule has 0 atom stereocenters. The Hall–Kier alpha value is -1.90. The minimum atomic E-state index is -4.38. The van der Waals surface area contributed by atoms with Crippen LogP contribution in [0.15, 0.2) is 34.9 Å². The molecule has 0 aliphatic heterocycles. The monoisotopic (exact) mass is 330 g/mol. The molecule has 0 radical (unpaired) electrons. The number of aliphatic hydroxyl groups is 2. The highest BCUT2D eigenvalue weighted by molar-refractivity contribution is 5.53. The zero-order valence-corrected chi connectivity index (χ0v) is 12.3. The number of benzene rings is 1. The Balaban J connectivity index is 2.09. The molecule has 23 heavy (non-hydrogen) atoms. The van der Waals surface area contributed by atoms with Gasteiger partial charge >= 0.3 is 6.18 Å². The fourth-order valence-corrected chi connectivity index (χ4v) is 2.10. The molecule has 0 fully saturated rings. The van der Waals surface area contributed by atoms with Crippen LogP contribution in [0.3, 0.4) is 0 Å². The van der Waals surface area contributed by atoms with Gasteiger partial charge in [0.25, 0.3) is 0 Å². The van der Waals surface area contributed by atoms with Crippen molar-refractivity contribution in [3.8, 4) is 11.5 Å². The molecule has 126 valence electrons. The number of alkyl halides is 3. The predicted molar refractivity (Wildman–Crippen MR) is 76.4 cm³/mol. The molecule has 0 saturated carbocycles. The predicted octanol–water partition coefficient (Wildman–Crippen LogP) is 2.15. The van der Waals surface area contributed by atoms with Crippen LogP contribution >= 0.6 is 0 Å². The average Bonchev–Trinajstić information content (AvgIpc) is 2.95. The molecule has 5 nitrogen and oxygen atoms in total.